The Kier molecular flexibility index (Phi) is 4.93. The normalized spacial score (nSPS) is 11.8. The van der Waals surface area contributed by atoms with Gasteiger partial charge in [-0.15, -0.1) is 0 Å². The van der Waals surface area contributed by atoms with Gasteiger partial charge in [0, 0.05) is 5.41 Å². The minimum atomic E-state index is -0.952. The van der Waals surface area contributed by atoms with E-state index in [1.807, 2.05) is 51.1 Å². The van der Waals surface area contributed by atoms with E-state index in [4.69, 9.17) is 4.74 Å². The van der Waals surface area contributed by atoms with Gasteiger partial charge in [0.15, 0.2) is 5.78 Å². The molecule has 0 radical (unpaired) electrons. The largest absolute Gasteiger partial charge is 0.445 e. The molecule has 0 unspecified atom stereocenters. The molecule has 20 heavy (non-hydrogen) atoms. The quantitative estimate of drug-likeness (QED) is 0.918. The molecule has 0 aliphatic carbocycles. The summed E-state index contributed by atoms with van der Waals surface area (Å²) in [6.45, 7) is 9.04. The third-order valence-corrected chi connectivity index (χ3v) is 2.88. The van der Waals surface area contributed by atoms with Crippen LogP contribution in [0.4, 0.5) is 4.79 Å². The number of nitrogens with one attached hydrogen (secondary N) is 1. The summed E-state index contributed by atoms with van der Waals surface area (Å²) in [6.07, 6.45) is -0.587. The van der Waals surface area contributed by atoms with Crippen molar-refractivity contribution in [2.75, 3.05) is 0 Å². The lowest BCUT2D eigenvalue weighted by Crippen LogP contribution is -2.53. The highest BCUT2D eigenvalue weighted by Crippen LogP contribution is 2.22. The Hall–Kier alpha value is -1.84. The van der Waals surface area contributed by atoms with Crippen LogP contribution in [0, 0.1) is 5.41 Å². The van der Waals surface area contributed by atoms with Crippen molar-refractivity contribution >= 4 is 11.9 Å². The molecule has 0 spiro atoms. The number of hydrogen-bond donors (Lipinski definition) is 1. The molecule has 1 N–H and O–H groups in total. The number of ketones is 1. The van der Waals surface area contributed by atoms with Crippen molar-refractivity contribution < 1.29 is 14.3 Å². The Morgan fingerprint density at radius 1 is 1.05 bits per heavy atom. The highest BCUT2D eigenvalue weighted by atomic mass is 16.5. The number of carbonyl (C=O) groups is 2. The standard InChI is InChI=1S/C16H23NO3/c1-15(2,3)13(18)16(4,5)17-14(19)20-11-12-9-7-6-8-10-12/h6-10H,11H2,1-5H3,(H,17,19). The van der Waals surface area contributed by atoms with Crippen molar-refractivity contribution in [3.05, 3.63) is 35.9 Å². The average molecular weight is 277 g/mol. The Morgan fingerprint density at radius 2 is 1.60 bits per heavy atom. The third-order valence-electron chi connectivity index (χ3n) is 2.88. The van der Waals surface area contributed by atoms with Crippen LogP contribution in [-0.2, 0) is 16.1 Å². The van der Waals surface area contributed by atoms with E-state index in [1.54, 1.807) is 13.8 Å². The molecule has 0 atom stereocenters. The van der Waals surface area contributed by atoms with Crippen LogP contribution in [0.15, 0.2) is 30.3 Å². The van der Waals surface area contributed by atoms with Gasteiger partial charge in [0.2, 0.25) is 0 Å². The molecular weight excluding hydrogens is 254 g/mol. The molecule has 0 bridgehead atoms. The zero-order valence-electron chi connectivity index (χ0n) is 12.8. The first-order valence-corrected chi connectivity index (χ1v) is 6.67. The lowest BCUT2D eigenvalue weighted by Gasteiger charge is -2.31. The summed E-state index contributed by atoms with van der Waals surface area (Å²) < 4.78 is 5.12. The summed E-state index contributed by atoms with van der Waals surface area (Å²) in [6, 6.07) is 9.40. The van der Waals surface area contributed by atoms with Crippen molar-refractivity contribution in [1.29, 1.82) is 0 Å². The molecule has 0 fully saturated rings. The van der Waals surface area contributed by atoms with Crippen LogP contribution in [0.5, 0.6) is 0 Å². The van der Waals surface area contributed by atoms with Crippen LogP contribution in [0.1, 0.15) is 40.2 Å². The highest BCUT2D eigenvalue weighted by Gasteiger charge is 2.37. The topological polar surface area (TPSA) is 55.4 Å². The molecule has 1 aromatic carbocycles. The van der Waals surface area contributed by atoms with Crippen LogP contribution < -0.4 is 5.32 Å². The smallest absolute Gasteiger partial charge is 0.408 e. The molecule has 0 saturated heterocycles. The van der Waals surface area contributed by atoms with Crippen molar-refractivity contribution in [2.24, 2.45) is 5.41 Å². The second-order valence-electron chi connectivity index (χ2n) is 6.39. The maximum atomic E-state index is 12.2. The molecule has 0 saturated carbocycles. The minimum Gasteiger partial charge on any atom is -0.445 e. The third kappa shape index (κ3) is 4.68. The van der Waals surface area contributed by atoms with Gasteiger partial charge in [-0.3, -0.25) is 4.79 Å². The van der Waals surface area contributed by atoms with Gasteiger partial charge in [-0.25, -0.2) is 4.79 Å². The predicted octanol–water partition coefficient (Wildman–Crippen LogP) is 3.31. The van der Waals surface area contributed by atoms with E-state index in [1.165, 1.54) is 0 Å². The zero-order chi connectivity index (χ0) is 15.4. The Morgan fingerprint density at radius 3 is 2.10 bits per heavy atom. The fourth-order valence-corrected chi connectivity index (χ4v) is 2.01. The van der Waals surface area contributed by atoms with Crippen LogP contribution in [0.3, 0.4) is 0 Å². The van der Waals surface area contributed by atoms with Gasteiger partial charge in [0.1, 0.15) is 6.61 Å². The lowest BCUT2D eigenvalue weighted by molar-refractivity contribution is -0.131. The summed E-state index contributed by atoms with van der Waals surface area (Å²) >= 11 is 0. The molecule has 1 amide bonds. The van der Waals surface area contributed by atoms with Gasteiger partial charge in [-0.05, 0) is 19.4 Å². The van der Waals surface area contributed by atoms with Crippen LogP contribution in [0.2, 0.25) is 0 Å². The maximum absolute atomic E-state index is 12.2. The van der Waals surface area contributed by atoms with Crippen LogP contribution >= 0.6 is 0 Å². The van der Waals surface area contributed by atoms with Gasteiger partial charge in [0.05, 0.1) is 5.54 Å². The van der Waals surface area contributed by atoms with E-state index >= 15 is 0 Å². The SMILES string of the molecule is CC(C)(C)C(=O)C(C)(C)NC(=O)OCc1ccccc1. The second kappa shape index (κ2) is 6.07. The molecule has 0 aromatic heterocycles. The van der Waals surface area contributed by atoms with E-state index in [-0.39, 0.29) is 12.4 Å². The Bertz CT molecular complexity index is 472. The molecule has 1 rings (SSSR count). The Labute approximate surface area is 120 Å². The molecule has 0 aliphatic rings. The molecular formula is C16H23NO3. The van der Waals surface area contributed by atoms with Crippen molar-refractivity contribution in [2.45, 2.75) is 46.8 Å². The number of hydrogen-bond acceptors (Lipinski definition) is 3. The number of ether oxygens (including phenoxy) is 1. The maximum Gasteiger partial charge on any atom is 0.408 e. The number of alkyl carbamates (subject to hydrolysis) is 1. The molecule has 4 nitrogen and oxygen atoms in total. The summed E-state index contributed by atoms with van der Waals surface area (Å²) in [5, 5.41) is 2.62. The monoisotopic (exact) mass is 277 g/mol. The fraction of sp³-hybridized carbons (Fsp3) is 0.500. The summed E-state index contributed by atoms with van der Waals surface area (Å²) in [4.78, 5) is 24.0. The van der Waals surface area contributed by atoms with Crippen LogP contribution in [-0.4, -0.2) is 17.4 Å². The van der Waals surface area contributed by atoms with Crippen LogP contribution in [0.25, 0.3) is 0 Å². The summed E-state index contributed by atoms with van der Waals surface area (Å²) in [7, 11) is 0. The van der Waals surface area contributed by atoms with Crippen molar-refractivity contribution in [3.8, 4) is 0 Å². The van der Waals surface area contributed by atoms with Gasteiger partial charge >= 0.3 is 6.09 Å². The Balaban J connectivity index is 2.55. The van der Waals surface area contributed by atoms with E-state index in [9.17, 15) is 9.59 Å². The zero-order valence-corrected chi connectivity index (χ0v) is 12.8. The second-order valence-corrected chi connectivity index (χ2v) is 6.39. The fourth-order valence-electron chi connectivity index (χ4n) is 2.01. The summed E-state index contributed by atoms with van der Waals surface area (Å²) in [5.74, 6) is -0.0401. The minimum absolute atomic E-state index is 0.0401. The van der Waals surface area contributed by atoms with Gasteiger partial charge in [-0.1, -0.05) is 51.1 Å². The molecule has 4 heteroatoms. The first-order valence-electron chi connectivity index (χ1n) is 6.67. The van der Waals surface area contributed by atoms with Gasteiger partial charge < -0.3 is 10.1 Å². The number of rotatable bonds is 4. The number of carbonyl (C=O) groups excluding carboxylic acids is 2. The predicted molar refractivity (Wildman–Crippen MR) is 78.3 cm³/mol. The first kappa shape index (κ1) is 16.2. The summed E-state index contributed by atoms with van der Waals surface area (Å²) in [5.41, 5.74) is -0.565. The van der Waals surface area contributed by atoms with E-state index in [0.29, 0.717) is 0 Å². The molecule has 110 valence electrons. The molecule has 1 aromatic rings. The number of benzene rings is 1. The van der Waals surface area contributed by atoms with E-state index < -0.39 is 17.0 Å². The van der Waals surface area contributed by atoms with E-state index in [2.05, 4.69) is 5.32 Å². The first-order chi connectivity index (χ1) is 9.13. The van der Waals surface area contributed by atoms with Crippen molar-refractivity contribution in [3.63, 3.8) is 0 Å². The average Bonchev–Trinajstić information content (AvgIpc) is 2.35. The van der Waals surface area contributed by atoms with Gasteiger partial charge in [0.25, 0.3) is 0 Å². The number of amides is 1. The lowest BCUT2D eigenvalue weighted by atomic mass is 9.80. The van der Waals surface area contributed by atoms with E-state index in [0.717, 1.165) is 5.56 Å². The number of Topliss-reactive ketones (excluding diaryl/α,β-unsaturated/α-hetero) is 1. The van der Waals surface area contributed by atoms with Crippen molar-refractivity contribution in [1.82, 2.24) is 5.32 Å². The molecule has 0 heterocycles. The van der Waals surface area contributed by atoms with Gasteiger partial charge in [-0.2, -0.15) is 0 Å². The highest BCUT2D eigenvalue weighted by molar-refractivity contribution is 5.94. The molecule has 0 aliphatic heterocycles.